The fourth-order valence-corrected chi connectivity index (χ4v) is 2.65. The number of amides is 1. The molecule has 0 saturated carbocycles. The van der Waals surface area contributed by atoms with Crippen LogP contribution in [-0.4, -0.2) is 45.0 Å². The van der Waals surface area contributed by atoms with E-state index in [1.807, 2.05) is 13.8 Å². The monoisotopic (exact) mass is 295 g/mol. The number of furan rings is 1. The molecule has 0 aromatic carbocycles. The van der Waals surface area contributed by atoms with Crippen molar-refractivity contribution in [1.29, 1.82) is 0 Å². The van der Waals surface area contributed by atoms with E-state index < -0.39 is 0 Å². The largest absolute Gasteiger partial charge is 0.469 e. The minimum Gasteiger partial charge on any atom is -0.469 e. The van der Waals surface area contributed by atoms with E-state index in [9.17, 15) is 4.79 Å². The molecule has 8 heteroatoms. The van der Waals surface area contributed by atoms with Crippen molar-refractivity contribution in [3.63, 3.8) is 0 Å². The Balaban J connectivity index is 2.22. The first kappa shape index (κ1) is 14.4. The molecule has 0 bridgehead atoms. The highest BCUT2D eigenvalue weighted by Gasteiger charge is 2.21. The Hall–Kier alpha value is -1.96. The van der Waals surface area contributed by atoms with Crippen LogP contribution in [0, 0.1) is 6.92 Å². The summed E-state index contributed by atoms with van der Waals surface area (Å²) in [5, 5.41) is 8.30. The van der Waals surface area contributed by atoms with Gasteiger partial charge >= 0.3 is 0 Å². The Morgan fingerprint density at radius 2 is 2.20 bits per heavy atom. The lowest BCUT2D eigenvalue weighted by molar-refractivity contribution is -0.127. The number of carbonyl (C=O) groups excluding carboxylic acids is 1. The normalized spacial score (nSPS) is 12.4. The first-order valence-corrected chi connectivity index (χ1v) is 6.92. The summed E-state index contributed by atoms with van der Waals surface area (Å²) in [6.45, 7) is 3.64. The topological polar surface area (TPSA) is 90.2 Å². The first-order chi connectivity index (χ1) is 9.41. The lowest BCUT2D eigenvalue weighted by atomic mass is 10.2. The number of carbonyl (C=O) groups is 1. The summed E-state index contributed by atoms with van der Waals surface area (Å²) in [5.41, 5.74) is 0.790. The molecule has 0 aliphatic rings. The van der Waals surface area contributed by atoms with Crippen LogP contribution < -0.4 is 5.84 Å². The summed E-state index contributed by atoms with van der Waals surface area (Å²) >= 11 is 1.27. The van der Waals surface area contributed by atoms with E-state index in [0.717, 1.165) is 11.3 Å². The van der Waals surface area contributed by atoms with E-state index in [1.165, 1.54) is 21.3 Å². The van der Waals surface area contributed by atoms with Gasteiger partial charge < -0.3 is 15.2 Å². The lowest BCUT2D eigenvalue weighted by Crippen LogP contribution is -2.30. The molecule has 0 radical (unpaired) electrons. The molecule has 0 fully saturated rings. The summed E-state index contributed by atoms with van der Waals surface area (Å²) < 4.78 is 6.61. The van der Waals surface area contributed by atoms with Crippen molar-refractivity contribution in [3.8, 4) is 11.4 Å². The molecule has 0 spiro atoms. The first-order valence-electron chi connectivity index (χ1n) is 6.04. The van der Waals surface area contributed by atoms with Crippen LogP contribution in [0.4, 0.5) is 0 Å². The number of aryl methyl sites for hydroxylation is 1. The van der Waals surface area contributed by atoms with E-state index >= 15 is 0 Å². The van der Waals surface area contributed by atoms with E-state index in [1.54, 1.807) is 26.4 Å². The molecule has 0 aliphatic carbocycles. The van der Waals surface area contributed by atoms with Gasteiger partial charge in [-0.15, -0.1) is 10.2 Å². The number of hydrogen-bond donors (Lipinski definition) is 1. The van der Waals surface area contributed by atoms with Crippen molar-refractivity contribution in [3.05, 3.63) is 18.1 Å². The number of hydrogen-bond acceptors (Lipinski definition) is 6. The molecule has 0 saturated heterocycles. The number of nitrogen functional groups attached to an aromatic ring is 1. The van der Waals surface area contributed by atoms with Crippen LogP contribution in [-0.2, 0) is 4.79 Å². The zero-order chi connectivity index (χ0) is 14.9. The lowest BCUT2D eigenvalue weighted by Gasteiger charge is -2.15. The van der Waals surface area contributed by atoms with Gasteiger partial charge in [-0.05, 0) is 19.9 Å². The molecule has 2 rings (SSSR count). The molecule has 2 heterocycles. The molecule has 0 aliphatic heterocycles. The SMILES string of the molecule is Cc1occc1-c1nnc(SC(C)C(=O)N(C)C)n1N. The molecular weight excluding hydrogens is 278 g/mol. The van der Waals surface area contributed by atoms with E-state index in [0.29, 0.717) is 11.0 Å². The van der Waals surface area contributed by atoms with Crippen LogP contribution in [0.5, 0.6) is 0 Å². The minimum absolute atomic E-state index is 0.000887. The van der Waals surface area contributed by atoms with Gasteiger partial charge in [0.05, 0.1) is 17.1 Å². The van der Waals surface area contributed by atoms with Gasteiger partial charge in [-0.1, -0.05) is 11.8 Å². The maximum Gasteiger partial charge on any atom is 0.235 e. The predicted molar refractivity (Wildman–Crippen MR) is 76.6 cm³/mol. The predicted octanol–water partition coefficient (Wildman–Crippen LogP) is 1.13. The quantitative estimate of drug-likeness (QED) is 0.671. The van der Waals surface area contributed by atoms with Gasteiger partial charge in [-0.3, -0.25) is 4.79 Å². The number of aromatic nitrogens is 3. The molecule has 2 aromatic heterocycles. The second kappa shape index (κ2) is 5.58. The summed E-state index contributed by atoms with van der Waals surface area (Å²) in [6.07, 6.45) is 1.57. The zero-order valence-electron chi connectivity index (χ0n) is 11.8. The number of nitrogens with zero attached hydrogens (tertiary/aromatic N) is 4. The van der Waals surface area contributed by atoms with Gasteiger partial charge in [0.2, 0.25) is 11.1 Å². The molecule has 108 valence electrons. The van der Waals surface area contributed by atoms with Crippen LogP contribution in [0.3, 0.4) is 0 Å². The fraction of sp³-hybridized carbons (Fsp3) is 0.417. The van der Waals surface area contributed by atoms with Crippen LogP contribution in [0.15, 0.2) is 21.9 Å². The maximum atomic E-state index is 11.8. The summed E-state index contributed by atoms with van der Waals surface area (Å²) in [7, 11) is 3.43. The Kier molecular flexibility index (Phi) is 4.03. The van der Waals surface area contributed by atoms with Gasteiger partial charge in [0.1, 0.15) is 5.76 Å². The van der Waals surface area contributed by atoms with Crippen molar-refractivity contribution in [1.82, 2.24) is 19.8 Å². The van der Waals surface area contributed by atoms with Crippen molar-refractivity contribution >= 4 is 17.7 Å². The van der Waals surface area contributed by atoms with Gasteiger partial charge in [0.15, 0.2) is 5.82 Å². The molecule has 20 heavy (non-hydrogen) atoms. The molecule has 1 unspecified atom stereocenters. The highest BCUT2D eigenvalue weighted by Crippen LogP contribution is 2.27. The highest BCUT2D eigenvalue weighted by atomic mass is 32.2. The van der Waals surface area contributed by atoms with E-state index in [4.69, 9.17) is 10.3 Å². The van der Waals surface area contributed by atoms with Gasteiger partial charge in [0, 0.05) is 14.1 Å². The minimum atomic E-state index is -0.283. The summed E-state index contributed by atoms with van der Waals surface area (Å²) in [6, 6.07) is 1.78. The molecule has 1 amide bonds. The Bertz CT molecular complexity index is 619. The van der Waals surface area contributed by atoms with Crippen molar-refractivity contribution < 1.29 is 9.21 Å². The van der Waals surface area contributed by atoms with Crippen molar-refractivity contribution in [2.45, 2.75) is 24.3 Å². The van der Waals surface area contributed by atoms with E-state index in [-0.39, 0.29) is 11.2 Å². The zero-order valence-corrected chi connectivity index (χ0v) is 12.6. The van der Waals surface area contributed by atoms with Gasteiger partial charge in [-0.25, -0.2) is 4.68 Å². The second-order valence-corrected chi connectivity index (χ2v) is 5.87. The smallest absolute Gasteiger partial charge is 0.235 e. The Morgan fingerprint density at radius 1 is 1.50 bits per heavy atom. The summed E-state index contributed by atoms with van der Waals surface area (Å²) in [4.78, 5) is 13.4. The van der Waals surface area contributed by atoms with Crippen molar-refractivity contribution in [2.75, 3.05) is 19.9 Å². The average Bonchev–Trinajstić information content (AvgIpc) is 2.96. The van der Waals surface area contributed by atoms with Gasteiger partial charge in [0.25, 0.3) is 0 Å². The van der Waals surface area contributed by atoms with Crippen molar-refractivity contribution in [2.24, 2.45) is 0 Å². The third-order valence-electron chi connectivity index (χ3n) is 2.83. The molecule has 2 N–H and O–H groups in total. The molecule has 1 atom stereocenters. The molecular formula is C12H17N5O2S. The van der Waals surface area contributed by atoms with Crippen LogP contribution in [0.2, 0.25) is 0 Å². The van der Waals surface area contributed by atoms with Crippen LogP contribution in [0.1, 0.15) is 12.7 Å². The van der Waals surface area contributed by atoms with Gasteiger partial charge in [-0.2, -0.15) is 0 Å². The fourth-order valence-electron chi connectivity index (χ4n) is 1.73. The van der Waals surface area contributed by atoms with E-state index in [2.05, 4.69) is 10.2 Å². The molecule has 2 aromatic rings. The highest BCUT2D eigenvalue weighted by molar-refractivity contribution is 8.00. The molecule has 7 nitrogen and oxygen atoms in total. The number of nitrogens with two attached hydrogens (primary N) is 1. The second-order valence-electron chi connectivity index (χ2n) is 4.56. The standard InChI is InChI=1S/C12H17N5O2S/c1-7-9(5-6-19-7)10-14-15-12(17(10)13)20-8(2)11(18)16(3)4/h5-6,8H,13H2,1-4H3. The van der Waals surface area contributed by atoms with Crippen LogP contribution >= 0.6 is 11.8 Å². The number of thioether (sulfide) groups is 1. The maximum absolute atomic E-state index is 11.8. The average molecular weight is 295 g/mol. The Morgan fingerprint density at radius 3 is 2.75 bits per heavy atom. The summed E-state index contributed by atoms with van der Waals surface area (Å²) in [5.74, 6) is 7.23. The van der Waals surface area contributed by atoms with Crippen LogP contribution in [0.25, 0.3) is 11.4 Å². The third kappa shape index (κ3) is 2.64. The Labute approximate surface area is 121 Å². The number of rotatable bonds is 4. The third-order valence-corrected chi connectivity index (χ3v) is 3.88.